The molecule has 1 fully saturated rings. The quantitative estimate of drug-likeness (QED) is 0.836. The maximum Gasteiger partial charge on any atom is 0.255 e. The van der Waals surface area contributed by atoms with Crippen LogP contribution in [-0.4, -0.2) is 31.2 Å². The van der Waals surface area contributed by atoms with Crippen molar-refractivity contribution < 1.29 is 13.2 Å². The summed E-state index contributed by atoms with van der Waals surface area (Å²) < 4.78 is 27.3. The van der Waals surface area contributed by atoms with Crippen LogP contribution in [0.4, 0.5) is 5.69 Å². The standard InChI is InChI=1S/C21H26N2O3S/c1-15(2)17-9-11-19(12-10-17)22-21(24)18-7-4-8-20(14-18)27(25,26)23-13-5-6-16(23)3/h4,7-12,14-16H,5-6,13H2,1-3H3,(H,22,24)/t16-/m1/s1. The second-order valence-corrected chi connectivity index (χ2v) is 9.26. The topological polar surface area (TPSA) is 66.5 Å². The molecule has 1 aliphatic rings. The Kier molecular flexibility index (Phi) is 5.67. The Morgan fingerprint density at radius 2 is 1.85 bits per heavy atom. The van der Waals surface area contributed by atoms with E-state index in [0.29, 0.717) is 23.7 Å². The highest BCUT2D eigenvalue weighted by Gasteiger charge is 2.32. The van der Waals surface area contributed by atoms with E-state index >= 15 is 0 Å². The molecule has 1 aliphatic heterocycles. The Hall–Kier alpha value is -2.18. The number of anilines is 1. The highest BCUT2D eigenvalue weighted by Crippen LogP contribution is 2.26. The van der Waals surface area contributed by atoms with Crippen LogP contribution in [0.25, 0.3) is 0 Å². The number of sulfonamides is 1. The van der Waals surface area contributed by atoms with Crippen molar-refractivity contribution in [3.8, 4) is 0 Å². The van der Waals surface area contributed by atoms with Gasteiger partial charge in [-0.25, -0.2) is 8.42 Å². The molecule has 1 N–H and O–H groups in total. The van der Waals surface area contributed by atoms with E-state index in [1.807, 2.05) is 31.2 Å². The molecule has 0 aliphatic carbocycles. The normalized spacial score (nSPS) is 18.0. The van der Waals surface area contributed by atoms with Crippen molar-refractivity contribution >= 4 is 21.6 Å². The summed E-state index contributed by atoms with van der Waals surface area (Å²) in [6, 6.07) is 13.9. The molecule has 1 saturated heterocycles. The fourth-order valence-electron chi connectivity index (χ4n) is 3.35. The molecule has 3 rings (SSSR count). The summed E-state index contributed by atoms with van der Waals surface area (Å²) in [7, 11) is -3.58. The van der Waals surface area contributed by atoms with Gasteiger partial charge in [0.25, 0.3) is 5.91 Å². The van der Waals surface area contributed by atoms with E-state index in [-0.39, 0.29) is 16.8 Å². The molecule has 0 radical (unpaired) electrons. The van der Waals surface area contributed by atoms with Gasteiger partial charge in [-0.3, -0.25) is 4.79 Å². The summed E-state index contributed by atoms with van der Waals surface area (Å²) in [6.07, 6.45) is 1.73. The molecule has 5 nitrogen and oxygen atoms in total. The van der Waals surface area contributed by atoms with E-state index in [0.717, 1.165) is 12.8 Å². The lowest BCUT2D eigenvalue weighted by atomic mass is 10.0. The molecule has 6 heteroatoms. The van der Waals surface area contributed by atoms with Crippen molar-refractivity contribution in [2.75, 3.05) is 11.9 Å². The Labute approximate surface area is 161 Å². The third kappa shape index (κ3) is 4.22. The average molecular weight is 387 g/mol. The Balaban J connectivity index is 1.79. The van der Waals surface area contributed by atoms with Gasteiger partial charge in [-0.1, -0.05) is 32.0 Å². The summed E-state index contributed by atoms with van der Waals surface area (Å²) in [5, 5.41) is 2.83. The first kappa shape index (κ1) is 19.6. The number of nitrogens with one attached hydrogen (secondary N) is 1. The third-order valence-electron chi connectivity index (χ3n) is 5.03. The molecule has 1 atom stereocenters. The van der Waals surface area contributed by atoms with Gasteiger partial charge in [0.2, 0.25) is 10.0 Å². The van der Waals surface area contributed by atoms with Crippen molar-refractivity contribution in [1.29, 1.82) is 0 Å². The maximum atomic E-state index is 12.9. The molecule has 0 bridgehead atoms. The number of hydrogen-bond donors (Lipinski definition) is 1. The van der Waals surface area contributed by atoms with Gasteiger partial charge >= 0.3 is 0 Å². The SMILES string of the molecule is CC(C)c1ccc(NC(=O)c2cccc(S(=O)(=O)N3CCC[C@H]3C)c2)cc1. The minimum atomic E-state index is -3.58. The van der Waals surface area contributed by atoms with Gasteiger partial charge in [0, 0.05) is 23.8 Å². The van der Waals surface area contributed by atoms with Crippen LogP contribution in [-0.2, 0) is 10.0 Å². The molecule has 2 aromatic carbocycles. The van der Waals surface area contributed by atoms with E-state index in [1.54, 1.807) is 18.2 Å². The zero-order chi connectivity index (χ0) is 19.6. The number of benzene rings is 2. The van der Waals surface area contributed by atoms with Crippen LogP contribution in [0.15, 0.2) is 53.4 Å². The number of hydrogen-bond acceptors (Lipinski definition) is 3. The molecule has 0 spiro atoms. The smallest absolute Gasteiger partial charge is 0.255 e. The second-order valence-electron chi connectivity index (χ2n) is 7.37. The summed E-state index contributed by atoms with van der Waals surface area (Å²) in [6.45, 7) is 6.67. The molecule has 2 aromatic rings. The summed E-state index contributed by atoms with van der Waals surface area (Å²) in [4.78, 5) is 12.7. The first-order valence-electron chi connectivity index (χ1n) is 9.32. The highest BCUT2D eigenvalue weighted by molar-refractivity contribution is 7.89. The zero-order valence-corrected chi connectivity index (χ0v) is 16.8. The zero-order valence-electron chi connectivity index (χ0n) is 16.0. The van der Waals surface area contributed by atoms with Crippen LogP contribution < -0.4 is 5.32 Å². The Bertz CT molecular complexity index is 921. The number of amides is 1. The molecule has 144 valence electrons. The molecule has 0 unspecified atom stereocenters. The molecule has 0 aromatic heterocycles. The Morgan fingerprint density at radius 1 is 1.15 bits per heavy atom. The van der Waals surface area contributed by atoms with Crippen LogP contribution in [0.2, 0.25) is 0 Å². The summed E-state index contributed by atoms with van der Waals surface area (Å²) in [5.41, 5.74) is 2.21. The van der Waals surface area contributed by atoms with Crippen molar-refractivity contribution in [2.45, 2.75) is 50.5 Å². The molecule has 1 heterocycles. The lowest BCUT2D eigenvalue weighted by molar-refractivity contribution is 0.102. The molecular weight excluding hydrogens is 360 g/mol. The van der Waals surface area contributed by atoms with E-state index < -0.39 is 10.0 Å². The molecule has 27 heavy (non-hydrogen) atoms. The fourth-order valence-corrected chi connectivity index (χ4v) is 5.10. The largest absolute Gasteiger partial charge is 0.322 e. The number of nitrogens with zero attached hydrogens (tertiary/aromatic N) is 1. The minimum Gasteiger partial charge on any atom is -0.322 e. The van der Waals surface area contributed by atoms with Crippen molar-refractivity contribution in [3.05, 3.63) is 59.7 Å². The Morgan fingerprint density at radius 3 is 2.44 bits per heavy atom. The fraction of sp³-hybridized carbons (Fsp3) is 0.381. The van der Waals surface area contributed by atoms with E-state index in [1.165, 1.54) is 15.9 Å². The monoisotopic (exact) mass is 386 g/mol. The lowest BCUT2D eigenvalue weighted by Crippen LogP contribution is -2.33. The second kappa shape index (κ2) is 7.82. The van der Waals surface area contributed by atoms with Crippen LogP contribution in [0.5, 0.6) is 0 Å². The lowest BCUT2D eigenvalue weighted by Gasteiger charge is -2.21. The summed E-state index contributed by atoms with van der Waals surface area (Å²) >= 11 is 0. The van der Waals surface area contributed by atoms with Gasteiger partial charge < -0.3 is 5.32 Å². The van der Waals surface area contributed by atoms with Crippen LogP contribution in [0.1, 0.15) is 55.5 Å². The molecule has 0 saturated carbocycles. The van der Waals surface area contributed by atoms with Gasteiger partial charge in [-0.05, 0) is 61.6 Å². The number of carbonyl (C=O) groups excluding carboxylic acids is 1. The third-order valence-corrected chi connectivity index (χ3v) is 7.04. The van der Waals surface area contributed by atoms with Crippen molar-refractivity contribution in [2.24, 2.45) is 0 Å². The van der Waals surface area contributed by atoms with Crippen LogP contribution >= 0.6 is 0 Å². The first-order chi connectivity index (χ1) is 12.8. The van der Waals surface area contributed by atoms with E-state index in [2.05, 4.69) is 19.2 Å². The summed E-state index contributed by atoms with van der Waals surface area (Å²) in [5.74, 6) is 0.100. The van der Waals surface area contributed by atoms with Gasteiger partial charge in [0.15, 0.2) is 0 Å². The molecule has 1 amide bonds. The minimum absolute atomic E-state index is 0.00745. The van der Waals surface area contributed by atoms with Gasteiger partial charge in [0.1, 0.15) is 0 Å². The predicted octanol–water partition coefficient (Wildman–Crippen LogP) is 4.24. The van der Waals surface area contributed by atoms with Crippen molar-refractivity contribution in [3.63, 3.8) is 0 Å². The van der Waals surface area contributed by atoms with E-state index in [4.69, 9.17) is 0 Å². The first-order valence-corrected chi connectivity index (χ1v) is 10.8. The predicted molar refractivity (Wildman–Crippen MR) is 108 cm³/mol. The average Bonchev–Trinajstić information content (AvgIpc) is 3.09. The highest BCUT2D eigenvalue weighted by atomic mass is 32.2. The molecular formula is C21H26N2O3S. The van der Waals surface area contributed by atoms with Gasteiger partial charge in [-0.2, -0.15) is 4.31 Å². The van der Waals surface area contributed by atoms with Crippen LogP contribution in [0.3, 0.4) is 0 Å². The number of rotatable bonds is 5. The van der Waals surface area contributed by atoms with Crippen LogP contribution in [0, 0.1) is 0 Å². The maximum absolute atomic E-state index is 12.9. The number of carbonyl (C=O) groups is 1. The van der Waals surface area contributed by atoms with E-state index in [9.17, 15) is 13.2 Å². The van der Waals surface area contributed by atoms with Crippen molar-refractivity contribution in [1.82, 2.24) is 4.31 Å². The van der Waals surface area contributed by atoms with Gasteiger partial charge in [-0.15, -0.1) is 0 Å². The van der Waals surface area contributed by atoms with Gasteiger partial charge in [0.05, 0.1) is 4.90 Å².